The highest BCUT2D eigenvalue weighted by atomic mass is 16.5. The van der Waals surface area contributed by atoms with Crippen molar-refractivity contribution in [3.05, 3.63) is 23.8 Å². The highest BCUT2D eigenvalue weighted by Gasteiger charge is 2.25. The number of para-hydroxylation sites is 1. The van der Waals surface area contributed by atoms with Crippen LogP contribution in [0.4, 0.5) is 0 Å². The first-order valence-corrected chi connectivity index (χ1v) is 4.20. The highest BCUT2D eigenvalue weighted by Crippen LogP contribution is 2.35. The monoisotopic (exact) mass is 178 g/mol. The van der Waals surface area contributed by atoms with Crippen LogP contribution in [0.3, 0.4) is 0 Å². The number of hydrogen-bond acceptors (Lipinski definition) is 3. The first kappa shape index (κ1) is 8.10. The molecule has 1 atom stereocenters. The maximum atomic E-state index is 11.5. The molecule has 0 amide bonds. The number of carbonyl (C=O) groups excluding carboxylic acids is 1. The fraction of sp³-hybridized carbons (Fsp3) is 0.300. The Labute approximate surface area is 76.0 Å². The average Bonchev–Trinajstić information content (AvgIpc) is 2.07. The van der Waals surface area contributed by atoms with Crippen molar-refractivity contribution in [2.45, 2.75) is 19.4 Å². The van der Waals surface area contributed by atoms with Crippen LogP contribution >= 0.6 is 0 Å². The van der Waals surface area contributed by atoms with Crippen LogP contribution in [0, 0.1) is 0 Å². The molecule has 0 fully saturated rings. The van der Waals surface area contributed by atoms with E-state index in [1.54, 1.807) is 12.1 Å². The Hall–Kier alpha value is -1.51. The van der Waals surface area contributed by atoms with Gasteiger partial charge in [-0.2, -0.15) is 0 Å². The van der Waals surface area contributed by atoms with E-state index in [0.717, 1.165) is 0 Å². The number of rotatable bonds is 0. The molecule has 1 aromatic rings. The minimum Gasteiger partial charge on any atom is -0.504 e. The van der Waals surface area contributed by atoms with Gasteiger partial charge in [0.05, 0.1) is 5.56 Å². The average molecular weight is 178 g/mol. The molecule has 0 radical (unpaired) electrons. The number of carbonyl (C=O) groups is 1. The van der Waals surface area contributed by atoms with Crippen molar-refractivity contribution in [1.29, 1.82) is 0 Å². The van der Waals surface area contributed by atoms with Gasteiger partial charge in [-0.25, -0.2) is 0 Å². The molecule has 0 aromatic heterocycles. The Morgan fingerprint density at radius 3 is 3.08 bits per heavy atom. The summed E-state index contributed by atoms with van der Waals surface area (Å²) in [5.74, 6) is 0.397. The Morgan fingerprint density at radius 1 is 1.54 bits per heavy atom. The van der Waals surface area contributed by atoms with Crippen LogP contribution in [0.1, 0.15) is 23.7 Å². The molecule has 1 unspecified atom stereocenters. The van der Waals surface area contributed by atoms with Crippen molar-refractivity contribution in [2.24, 2.45) is 0 Å². The summed E-state index contributed by atoms with van der Waals surface area (Å²) in [6.45, 7) is 1.81. The van der Waals surface area contributed by atoms with E-state index in [1.165, 1.54) is 6.07 Å². The number of fused-ring (bicyclic) bond motifs is 1. The largest absolute Gasteiger partial charge is 0.504 e. The molecule has 68 valence electrons. The number of Topliss-reactive ketones (excluding diaryl/α,β-unsaturated/α-hetero) is 1. The predicted molar refractivity (Wildman–Crippen MR) is 47.1 cm³/mol. The van der Waals surface area contributed by atoms with Crippen LogP contribution < -0.4 is 4.74 Å². The number of ether oxygens (including phenoxy) is 1. The minimum absolute atomic E-state index is 0.0321. The molecule has 0 spiro atoms. The molecule has 0 aliphatic carbocycles. The molecule has 2 rings (SSSR count). The van der Waals surface area contributed by atoms with Gasteiger partial charge in [0.25, 0.3) is 0 Å². The summed E-state index contributed by atoms with van der Waals surface area (Å²) in [5, 5.41) is 9.41. The lowest BCUT2D eigenvalue weighted by Crippen LogP contribution is -2.23. The number of phenols is 1. The molecule has 0 bridgehead atoms. The van der Waals surface area contributed by atoms with Crippen LogP contribution in [0.15, 0.2) is 18.2 Å². The normalized spacial score (nSPS) is 20.7. The number of aromatic hydroxyl groups is 1. The van der Waals surface area contributed by atoms with Gasteiger partial charge in [-0.1, -0.05) is 6.07 Å². The Bertz CT molecular complexity index is 357. The summed E-state index contributed by atoms with van der Waals surface area (Å²) < 4.78 is 5.36. The SMILES string of the molecule is CC1CC(=O)c2cccc(O)c2O1. The molecular formula is C10H10O3. The van der Waals surface area contributed by atoms with Gasteiger partial charge in [-0.15, -0.1) is 0 Å². The van der Waals surface area contributed by atoms with E-state index in [9.17, 15) is 9.90 Å². The first-order chi connectivity index (χ1) is 6.18. The summed E-state index contributed by atoms with van der Waals surface area (Å²) in [6, 6.07) is 4.83. The second kappa shape index (κ2) is 2.76. The maximum Gasteiger partial charge on any atom is 0.172 e. The molecule has 13 heavy (non-hydrogen) atoms. The van der Waals surface area contributed by atoms with E-state index in [4.69, 9.17) is 4.74 Å². The fourth-order valence-electron chi connectivity index (χ4n) is 1.48. The second-order valence-electron chi connectivity index (χ2n) is 3.21. The smallest absolute Gasteiger partial charge is 0.172 e. The van der Waals surface area contributed by atoms with E-state index < -0.39 is 0 Å². The van der Waals surface area contributed by atoms with Gasteiger partial charge >= 0.3 is 0 Å². The first-order valence-electron chi connectivity index (χ1n) is 4.20. The third-order valence-corrected chi connectivity index (χ3v) is 2.09. The Morgan fingerprint density at radius 2 is 2.31 bits per heavy atom. The quantitative estimate of drug-likeness (QED) is 0.658. The van der Waals surface area contributed by atoms with Gasteiger partial charge in [0.2, 0.25) is 0 Å². The van der Waals surface area contributed by atoms with Gasteiger partial charge in [-0.05, 0) is 19.1 Å². The highest BCUT2D eigenvalue weighted by molar-refractivity contribution is 6.00. The van der Waals surface area contributed by atoms with Crippen LogP contribution in [-0.4, -0.2) is 17.0 Å². The zero-order valence-electron chi connectivity index (χ0n) is 7.28. The molecule has 1 aliphatic heterocycles. The van der Waals surface area contributed by atoms with E-state index in [0.29, 0.717) is 17.7 Å². The molecule has 0 saturated heterocycles. The molecule has 0 saturated carbocycles. The van der Waals surface area contributed by atoms with Crippen molar-refractivity contribution in [1.82, 2.24) is 0 Å². The van der Waals surface area contributed by atoms with Crippen molar-refractivity contribution in [3.8, 4) is 11.5 Å². The summed E-state index contributed by atoms with van der Waals surface area (Å²) >= 11 is 0. The van der Waals surface area contributed by atoms with Crippen LogP contribution in [0.25, 0.3) is 0 Å². The van der Waals surface area contributed by atoms with Crippen molar-refractivity contribution >= 4 is 5.78 Å². The van der Waals surface area contributed by atoms with E-state index in [1.807, 2.05) is 6.92 Å². The topological polar surface area (TPSA) is 46.5 Å². The van der Waals surface area contributed by atoms with E-state index >= 15 is 0 Å². The molecule has 1 aromatic carbocycles. The van der Waals surface area contributed by atoms with Gasteiger partial charge in [0.15, 0.2) is 17.3 Å². The van der Waals surface area contributed by atoms with Crippen LogP contribution in [0.5, 0.6) is 11.5 Å². The van der Waals surface area contributed by atoms with Gasteiger partial charge in [-0.3, -0.25) is 4.79 Å². The Kier molecular flexibility index (Phi) is 1.72. The van der Waals surface area contributed by atoms with Crippen LogP contribution in [0.2, 0.25) is 0 Å². The zero-order chi connectivity index (χ0) is 9.42. The van der Waals surface area contributed by atoms with Gasteiger partial charge in [0, 0.05) is 6.42 Å². The maximum absolute atomic E-state index is 11.5. The molecule has 3 nitrogen and oxygen atoms in total. The molecule has 1 N–H and O–H groups in total. The third kappa shape index (κ3) is 1.26. The number of benzene rings is 1. The van der Waals surface area contributed by atoms with Crippen molar-refractivity contribution < 1.29 is 14.6 Å². The second-order valence-corrected chi connectivity index (χ2v) is 3.21. The molecule has 3 heteroatoms. The summed E-state index contributed by atoms with van der Waals surface area (Å²) in [6.07, 6.45) is 0.240. The van der Waals surface area contributed by atoms with Crippen molar-refractivity contribution in [2.75, 3.05) is 0 Å². The lowest BCUT2D eigenvalue weighted by molar-refractivity contribution is 0.0864. The lowest BCUT2D eigenvalue weighted by Gasteiger charge is -2.22. The minimum atomic E-state index is -0.145. The summed E-state index contributed by atoms with van der Waals surface area (Å²) in [5.41, 5.74) is 0.484. The van der Waals surface area contributed by atoms with Gasteiger partial charge in [0.1, 0.15) is 6.10 Å². The number of ketones is 1. The molecule has 1 aliphatic rings. The van der Waals surface area contributed by atoms with E-state index in [-0.39, 0.29) is 17.6 Å². The third-order valence-electron chi connectivity index (χ3n) is 2.09. The van der Waals surface area contributed by atoms with Crippen molar-refractivity contribution in [3.63, 3.8) is 0 Å². The van der Waals surface area contributed by atoms with Crippen LogP contribution in [-0.2, 0) is 0 Å². The Balaban J connectivity index is 2.55. The fourth-order valence-corrected chi connectivity index (χ4v) is 1.48. The number of phenolic OH excluding ortho intramolecular Hbond substituents is 1. The van der Waals surface area contributed by atoms with Gasteiger partial charge < -0.3 is 9.84 Å². The lowest BCUT2D eigenvalue weighted by atomic mass is 10.0. The number of hydrogen-bond donors (Lipinski definition) is 1. The summed E-state index contributed by atoms with van der Waals surface area (Å²) in [7, 11) is 0. The standard InChI is InChI=1S/C10H10O3/c1-6-5-9(12)7-3-2-4-8(11)10(7)13-6/h2-4,6,11H,5H2,1H3. The predicted octanol–water partition coefficient (Wildman–Crippen LogP) is 1.75. The summed E-state index contributed by atoms with van der Waals surface area (Å²) in [4.78, 5) is 11.5. The molecule has 1 heterocycles. The van der Waals surface area contributed by atoms with E-state index in [2.05, 4.69) is 0 Å². The molecular weight excluding hydrogens is 168 g/mol. The zero-order valence-corrected chi connectivity index (χ0v) is 7.28.